The standard InChI is InChI=1S/C10H3BrCl2N2S/c11-9-8(4-14)15-10(16-9)5-1-2-6(12)7(13)3-5/h1-3H. The molecule has 16 heavy (non-hydrogen) atoms. The van der Waals surface area contributed by atoms with Gasteiger partial charge in [0, 0.05) is 5.56 Å². The van der Waals surface area contributed by atoms with Crippen LogP contribution in [0, 0.1) is 11.3 Å². The van der Waals surface area contributed by atoms with Crippen LogP contribution in [0.2, 0.25) is 10.0 Å². The number of aromatic nitrogens is 1. The van der Waals surface area contributed by atoms with Gasteiger partial charge in [-0.2, -0.15) is 5.26 Å². The number of hydrogen-bond acceptors (Lipinski definition) is 3. The second kappa shape index (κ2) is 4.72. The molecular formula is C10H3BrCl2N2S. The summed E-state index contributed by atoms with van der Waals surface area (Å²) in [5, 5.41) is 10.5. The van der Waals surface area contributed by atoms with Gasteiger partial charge in [-0.3, -0.25) is 0 Å². The fourth-order valence-electron chi connectivity index (χ4n) is 1.12. The minimum atomic E-state index is 0.381. The lowest BCUT2D eigenvalue weighted by molar-refractivity contribution is 1.32. The van der Waals surface area contributed by atoms with E-state index in [2.05, 4.69) is 20.9 Å². The summed E-state index contributed by atoms with van der Waals surface area (Å²) < 4.78 is 0.719. The second-order valence-corrected chi connectivity index (χ2v) is 6.01. The minimum absolute atomic E-state index is 0.381. The van der Waals surface area contributed by atoms with E-state index in [1.807, 2.05) is 12.1 Å². The highest BCUT2D eigenvalue weighted by molar-refractivity contribution is 9.11. The van der Waals surface area contributed by atoms with E-state index in [1.165, 1.54) is 11.3 Å². The van der Waals surface area contributed by atoms with Crippen molar-refractivity contribution in [1.29, 1.82) is 5.26 Å². The van der Waals surface area contributed by atoms with Crippen LogP contribution in [0.15, 0.2) is 22.0 Å². The molecule has 0 bridgehead atoms. The van der Waals surface area contributed by atoms with Crippen LogP contribution >= 0.6 is 50.5 Å². The summed E-state index contributed by atoms with van der Waals surface area (Å²) in [5.74, 6) is 0. The molecule has 0 unspecified atom stereocenters. The molecule has 0 atom stereocenters. The molecule has 2 rings (SSSR count). The molecule has 1 aromatic heterocycles. The van der Waals surface area contributed by atoms with E-state index in [4.69, 9.17) is 28.5 Å². The first-order chi connectivity index (χ1) is 7.61. The predicted octanol–water partition coefficient (Wildman–Crippen LogP) is 4.75. The van der Waals surface area contributed by atoms with Crippen molar-refractivity contribution in [3.05, 3.63) is 37.7 Å². The van der Waals surface area contributed by atoms with Crippen molar-refractivity contribution in [2.45, 2.75) is 0 Å². The third kappa shape index (κ3) is 2.23. The summed E-state index contributed by atoms with van der Waals surface area (Å²) in [7, 11) is 0. The van der Waals surface area contributed by atoms with Gasteiger partial charge in [0.15, 0.2) is 5.69 Å². The summed E-state index contributed by atoms with van der Waals surface area (Å²) in [6.45, 7) is 0. The number of rotatable bonds is 1. The highest BCUT2D eigenvalue weighted by Crippen LogP contribution is 2.34. The zero-order valence-corrected chi connectivity index (χ0v) is 11.6. The Morgan fingerprint density at radius 1 is 1.31 bits per heavy atom. The molecule has 1 aromatic carbocycles. The third-order valence-corrected chi connectivity index (χ3v) is 4.35. The van der Waals surface area contributed by atoms with Gasteiger partial charge in [-0.15, -0.1) is 11.3 Å². The Kier molecular flexibility index (Phi) is 3.50. The molecule has 0 radical (unpaired) electrons. The SMILES string of the molecule is N#Cc1nc(-c2ccc(Cl)c(Cl)c2)sc1Br. The Bertz CT molecular complexity index is 589. The van der Waals surface area contributed by atoms with Crippen LogP contribution in [-0.4, -0.2) is 4.98 Å². The van der Waals surface area contributed by atoms with Gasteiger partial charge in [-0.25, -0.2) is 4.98 Å². The monoisotopic (exact) mass is 332 g/mol. The number of nitrogens with zero attached hydrogens (tertiary/aromatic N) is 2. The summed E-state index contributed by atoms with van der Waals surface area (Å²) in [6.07, 6.45) is 0. The molecule has 6 heteroatoms. The molecule has 0 N–H and O–H groups in total. The van der Waals surface area contributed by atoms with E-state index in [0.29, 0.717) is 15.7 Å². The molecule has 1 heterocycles. The third-order valence-electron chi connectivity index (χ3n) is 1.86. The highest BCUT2D eigenvalue weighted by Gasteiger charge is 2.11. The van der Waals surface area contributed by atoms with Gasteiger partial charge < -0.3 is 0 Å². The lowest BCUT2D eigenvalue weighted by Gasteiger charge is -1.98. The maximum Gasteiger partial charge on any atom is 0.166 e. The van der Waals surface area contributed by atoms with Gasteiger partial charge in [0.1, 0.15) is 14.9 Å². The Morgan fingerprint density at radius 3 is 2.62 bits per heavy atom. The minimum Gasteiger partial charge on any atom is -0.224 e. The van der Waals surface area contributed by atoms with Gasteiger partial charge >= 0.3 is 0 Å². The smallest absolute Gasteiger partial charge is 0.166 e. The molecule has 0 aliphatic carbocycles. The van der Waals surface area contributed by atoms with Gasteiger partial charge in [0.05, 0.1) is 10.0 Å². The molecular weight excluding hydrogens is 331 g/mol. The predicted molar refractivity (Wildman–Crippen MR) is 70.0 cm³/mol. The van der Waals surface area contributed by atoms with Crippen LogP contribution in [0.1, 0.15) is 5.69 Å². The first-order valence-electron chi connectivity index (χ1n) is 4.13. The average Bonchev–Trinajstić information content (AvgIpc) is 2.64. The van der Waals surface area contributed by atoms with Crippen molar-refractivity contribution in [3.63, 3.8) is 0 Å². The van der Waals surface area contributed by atoms with E-state index >= 15 is 0 Å². The summed E-state index contributed by atoms with van der Waals surface area (Å²) >= 11 is 16.4. The molecule has 0 amide bonds. The molecule has 0 aliphatic rings. The van der Waals surface area contributed by atoms with Crippen molar-refractivity contribution in [3.8, 4) is 16.6 Å². The van der Waals surface area contributed by atoms with Gasteiger partial charge in [0.25, 0.3) is 0 Å². The topological polar surface area (TPSA) is 36.7 Å². The van der Waals surface area contributed by atoms with E-state index in [1.54, 1.807) is 12.1 Å². The number of halogens is 3. The highest BCUT2D eigenvalue weighted by atomic mass is 79.9. The molecule has 0 aliphatic heterocycles. The van der Waals surface area contributed by atoms with Crippen LogP contribution in [0.3, 0.4) is 0 Å². The molecule has 0 fully saturated rings. The maximum absolute atomic E-state index is 8.79. The molecule has 0 spiro atoms. The quantitative estimate of drug-likeness (QED) is 0.755. The molecule has 2 nitrogen and oxygen atoms in total. The van der Waals surface area contributed by atoms with Gasteiger partial charge in [-0.05, 0) is 28.1 Å². The van der Waals surface area contributed by atoms with E-state index < -0.39 is 0 Å². The maximum atomic E-state index is 8.79. The fourth-order valence-corrected chi connectivity index (χ4v) is 2.80. The lowest BCUT2D eigenvalue weighted by atomic mass is 10.2. The van der Waals surface area contributed by atoms with Crippen molar-refractivity contribution < 1.29 is 0 Å². The van der Waals surface area contributed by atoms with Crippen molar-refractivity contribution >= 4 is 50.5 Å². The van der Waals surface area contributed by atoms with Gasteiger partial charge in [0.2, 0.25) is 0 Å². The number of hydrogen-bond donors (Lipinski definition) is 0. The summed E-state index contributed by atoms with van der Waals surface area (Å²) in [6, 6.07) is 7.27. The van der Waals surface area contributed by atoms with E-state index in [0.717, 1.165) is 14.4 Å². The Morgan fingerprint density at radius 2 is 2.06 bits per heavy atom. The molecule has 0 saturated heterocycles. The average molecular weight is 334 g/mol. The Hall–Kier alpha value is -0.600. The Balaban J connectivity index is 2.51. The van der Waals surface area contributed by atoms with Crippen molar-refractivity contribution in [2.24, 2.45) is 0 Å². The normalized spacial score (nSPS) is 10.1. The number of thiazole rings is 1. The van der Waals surface area contributed by atoms with E-state index in [-0.39, 0.29) is 0 Å². The van der Waals surface area contributed by atoms with Crippen LogP contribution < -0.4 is 0 Å². The largest absolute Gasteiger partial charge is 0.224 e. The van der Waals surface area contributed by atoms with Crippen molar-refractivity contribution in [2.75, 3.05) is 0 Å². The first-order valence-corrected chi connectivity index (χ1v) is 6.50. The lowest BCUT2D eigenvalue weighted by Crippen LogP contribution is -1.78. The number of nitriles is 1. The van der Waals surface area contributed by atoms with Crippen molar-refractivity contribution in [1.82, 2.24) is 4.98 Å². The first kappa shape index (κ1) is 11.9. The second-order valence-electron chi connectivity index (χ2n) is 2.88. The van der Waals surface area contributed by atoms with E-state index in [9.17, 15) is 0 Å². The van der Waals surface area contributed by atoms with Crippen LogP contribution in [0.4, 0.5) is 0 Å². The molecule has 0 saturated carbocycles. The summed E-state index contributed by atoms with van der Waals surface area (Å²) in [4.78, 5) is 4.18. The zero-order chi connectivity index (χ0) is 11.7. The van der Waals surface area contributed by atoms with Gasteiger partial charge in [-0.1, -0.05) is 29.3 Å². The summed E-state index contributed by atoms with van der Waals surface area (Å²) in [5.41, 5.74) is 1.23. The fraction of sp³-hybridized carbons (Fsp3) is 0. The molecule has 2 aromatic rings. The number of benzene rings is 1. The zero-order valence-electron chi connectivity index (χ0n) is 7.67. The Labute approximate surface area is 115 Å². The van der Waals surface area contributed by atoms with Crippen LogP contribution in [0.25, 0.3) is 10.6 Å². The van der Waals surface area contributed by atoms with Crippen LogP contribution in [-0.2, 0) is 0 Å². The van der Waals surface area contributed by atoms with Crippen LogP contribution in [0.5, 0.6) is 0 Å². The molecule has 80 valence electrons.